The van der Waals surface area contributed by atoms with Crippen molar-refractivity contribution in [2.45, 2.75) is 19.1 Å². The molecule has 2 aromatic carbocycles. The molecule has 21 heavy (non-hydrogen) atoms. The summed E-state index contributed by atoms with van der Waals surface area (Å²) in [6.45, 7) is 1.97. The maximum Gasteiger partial charge on any atom is 0.165 e. The first-order valence-corrected chi connectivity index (χ1v) is 6.94. The summed E-state index contributed by atoms with van der Waals surface area (Å²) in [5, 5.41) is 13.0. The summed E-state index contributed by atoms with van der Waals surface area (Å²) in [6.07, 6.45) is -0.776. The minimum absolute atomic E-state index is 0.0157. The van der Waals surface area contributed by atoms with Crippen LogP contribution < -0.4 is 10.1 Å². The van der Waals surface area contributed by atoms with E-state index in [2.05, 4.69) is 5.32 Å². The van der Waals surface area contributed by atoms with Crippen molar-refractivity contribution >= 4 is 0 Å². The van der Waals surface area contributed by atoms with Gasteiger partial charge in [0.05, 0.1) is 0 Å². The van der Waals surface area contributed by atoms with E-state index in [0.717, 1.165) is 11.1 Å². The molecule has 112 valence electrons. The highest BCUT2D eigenvalue weighted by Crippen LogP contribution is 2.23. The predicted octanol–water partition coefficient (Wildman–Crippen LogP) is 3.22. The second kappa shape index (κ2) is 7.20. The molecular weight excluding hydrogens is 269 g/mol. The van der Waals surface area contributed by atoms with Crippen LogP contribution >= 0.6 is 0 Å². The Morgan fingerprint density at radius 3 is 2.48 bits per heavy atom. The molecule has 0 saturated carbocycles. The van der Waals surface area contributed by atoms with Crippen LogP contribution in [0.3, 0.4) is 0 Å². The molecule has 2 N–H and O–H groups in total. The molecule has 2 aromatic rings. The van der Waals surface area contributed by atoms with Crippen molar-refractivity contribution in [2.24, 2.45) is 0 Å². The molecule has 2 unspecified atom stereocenters. The predicted molar refractivity (Wildman–Crippen MR) is 80.8 cm³/mol. The average Bonchev–Trinajstić information content (AvgIpc) is 2.53. The van der Waals surface area contributed by atoms with Gasteiger partial charge in [0.25, 0.3) is 0 Å². The summed E-state index contributed by atoms with van der Waals surface area (Å²) in [4.78, 5) is 0. The highest BCUT2D eigenvalue weighted by molar-refractivity contribution is 5.31. The van der Waals surface area contributed by atoms with Gasteiger partial charge < -0.3 is 15.2 Å². The third kappa shape index (κ3) is 4.03. The monoisotopic (exact) mass is 289 g/mol. The molecule has 4 heteroatoms. The number of halogens is 1. The number of hydrogen-bond acceptors (Lipinski definition) is 3. The zero-order valence-corrected chi connectivity index (χ0v) is 12.2. The van der Waals surface area contributed by atoms with Crippen LogP contribution in [0.4, 0.5) is 4.39 Å². The third-order valence-electron chi connectivity index (χ3n) is 3.47. The lowest BCUT2D eigenvalue weighted by Gasteiger charge is -2.15. The van der Waals surface area contributed by atoms with E-state index in [1.165, 1.54) is 6.07 Å². The zero-order valence-electron chi connectivity index (χ0n) is 12.2. The summed E-state index contributed by atoms with van der Waals surface area (Å²) >= 11 is 0. The fourth-order valence-corrected chi connectivity index (χ4v) is 2.01. The maximum atomic E-state index is 14.0. The number of aliphatic hydroxyl groups excluding tert-OH is 1. The van der Waals surface area contributed by atoms with Gasteiger partial charge >= 0.3 is 0 Å². The number of ether oxygens (including phenoxy) is 1. The Morgan fingerprint density at radius 2 is 1.86 bits per heavy atom. The Balaban J connectivity index is 2.00. The van der Waals surface area contributed by atoms with Gasteiger partial charge in [-0.1, -0.05) is 36.4 Å². The summed E-state index contributed by atoms with van der Waals surface area (Å²) in [7, 11) is 1.82. The molecule has 2 rings (SSSR count). The Kier molecular flexibility index (Phi) is 5.31. The van der Waals surface area contributed by atoms with Gasteiger partial charge in [-0.25, -0.2) is 4.39 Å². The van der Waals surface area contributed by atoms with Gasteiger partial charge in [0, 0.05) is 6.04 Å². The van der Waals surface area contributed by atoms with Crippen LogP contribution in [0.15, 0.2) is 48.5 Å². The van der Waals surface area contributed by atoms with E-state index < -0.39 is 11.9 Å². The summed E-state index contributed by atoms with van der Waals surface area (Å²) in [5.74, 6) is -0.271. The first-order valence-electron chi connectivity index (χ1n) is 6.94. The van der Waals surface area contributed by atoms with Crippen molar-refractivity contribution in [1.82, 2.24) is 5.32 Å². The van der Waals surface area contributed by atoms with Crippen LogP contribution in [-0.4, -0.2) is 18.8 Å². The Bertz CT molecular complexity index is 574. The van der Waals surface area contributed by atoms with Crippen LogP contribution in [0.25, 0.3) is 0 Å². The first kappa shape index (κ1) is 15.5. The largest absolute Gasteiger partial charge is 0.487 e. The number of benzene rings is 2. The van der Waals surface area contributed by atoms with Crippen LogP contribution in [-0.2, 0) is 0 Å². The van der Waals surface area contributed by atoms with Gasteiger partial charge in [0.15, 0.2) is 11.6 Å². The fraction of sp³-hybridized carbons (Fsp3) is 0.294. The second-order valence-electron chi connectivity index (χ2n) is 4.94. The molecule has 0 aliphatic carbocycles. The van der Waals surface area contributed by atoms with E-state index in [0.29, 0.717) is 0 Å². The minimum atomic E-state index is -0.776. The van der Waals surface area contributed by atoms with E-state index in [9.17, 15) is 9.50 Å². The minimum Gasteiger partial charge on any atom is -0.487 e. The zero-order chi connectivity index (χ0) is 15.2. The fourth-order valence-electron chi connectivity index (χ4n) is 2.01. The van der Waals surface area contributed by atoms with E-state index in [1.54, 1.807) is 6.07 Å². The molecule has 0 heterocycles. The Hall–Kier alpha value is -1.91. The third-order valence-corrected chi connectivity index (χ3v) is 3.47. The Morgan fingerprint density at radius 1 is 1.14 bits per heavy atom. The van der Waals surface area contributed by atoms with Crippen molar-refractivity contribution in [3.05, 3.63) is 65.5 Å². The molecule has 0 saturated heterocycles. The lowest BCUT2D eigenvalue weighted by Crippen LogP contribution is -2.13. The second-order valence-corrected chi connectivity index (χ2v) is 4.94. The van der Waals surface area contributed by atoms with Crippen molar-refractivity contribution in [3.8, 4) is 5.75 Å². The highest BCUT2D eigenvalue weighted by atomic mass is 19.1. The molecule has 0 aromatic heterocycles. The molecule has 0 radical (unpaired) electrons. The normalized spacial score (nSPS) is 13.7. The molecule has 3 nitrogen and oxygen atoms in total. The van der Waals surface area contributed by atoms with Crippen molar-refractivity contribution in [2.75, 3.05) is 13.7 Å². The molecule has 0 bridgehead atoms. The smallest absolute Gasteiger partial charge is 0.165 e. The standard InChI is InChI=1S/C17H20FNO2/c1-12(19-2)14-8-9-17(15(18)10-14)21-11-16(20)13-6-4-3-5-7-13/h3-10,12,16,19-20H,11H2,1-2H3. The van der Waals surface area contributed by atoms with Gasteiger partial charge in [0.1, 0.15) is 12.7 Å². The molecule has 2 atom stereocenters. The number of aliphatic hydroxyl groups is 1. The number of hydrogen-bond donors (Lipinski definition) is 2. The molecule has 0 spiro atoms. The molecule has 0 aliphatic heterocycles. The van der Waals surface area contributed by atoms with E-state index in [-0.39, 0.29) is 18.4 Å². The van der Waals surface area contributed by atoms with Gasteiger partial charge in [-0.3, -0.25) is 0 Å². The quantitative estimate of drug-likeness (QED) is 0.858. The van der Waals surface area contributed by atoms with E-state index in [1.807, 2.05) is 50.4 Å². The van der Waals surface area contributed by atoms with Gasteiger partial charge in [-0.15, -0.1) is 0 Å². The average molecular weight is 289 g/mol. The SMILES string of the molecule is CNC(C)c1ccc(OCC(O)c2ccccc2)c(F)c1. The lowest BCUT2D eigenvalue weighted by atomic mass is 10.1. The molecule has 0 aliphatic rings. The maximum absolute atomic E-state index is 14.0. The van der Waals surface area contributed by atoms with Crippen molar-refractivity contribution < 1.29 is 14.2 Å². The van der Waals surface area contributed by atoms with Gasteiger partial charge in [-0.2, -0.15) is 0 Å². The van der Waals surface area contributed by atoms with Crippen molar-refractivity contribution in [3.63, 3.8) is 0 Å². The van der Waals surface area contributed by atoms with E-state index in [4.69, 9.17) is 4.74 Å². The van der Waals surface area contributed by atoms with Crippen LogP contribution in [0.5, 0.6) is 5.75 Å². The van der Waals surface area contributed by atoms with Crippen LogP contribution in [0.1, 0.15) is 30.2 Å². The highest BCUT2D eigenvalue weighted by Gasteiger charge is 2.12. The van der Waals surface area contributed by atoms with Gasteiger partial charge in [-0.05, 0) is 37.2 Å². The Labute approximate surface area is 124 Å². The molecule has 0 fully saturated rings. The van der Waals surface area contributed by atoms with Crippen molar-refractivity contribution in [1.29, 1.82) is 0 Å². The topological polar surface area (TPSA) is 41.5 Å². The summed E-state index contributed by atoms with van der Waals surface area (Å²) in [5.41, 5.74) is 1.60. The van der Waals surface area contributed by atoms with Crippen LogP contribution in [0.2, 0.25) is 0 Å². The summed E-state index contributed by atoms with van der Waals surface area (Å²) < 4.78 is 19.3. The molecular formula is C17H20FNO2. The number of rotatable bonds is 6. The lowest BCUT2D eigenvalue weighted by molar-refractivity contribution is 0.106. The van der Waals surface area contributed by atoms with Crippen LogP contribution in [0, 0.1) is 5.82 Å². The molecule has 0 amide bonds. The summed E-state index contributed by atoms with van der Waals surface area (Å²) in [6, 6.07) is 14.1. The van der Waals surface area contributed by atoms with E-state index >= 15 is 0 Å². The number of nitrogens with one attached hydrogen (secondary N) is 1. The van der Waals surface area contributed by atoms with Gasteiger partial charge in [0.2, 0.25) is 0 Å². The first-order chi connectivity index (χ1) is 10.1.